The highest BCUT2D eigenvalue weighted by Gasteiger charge is 2.33. The summed E-state index contributed by atoms with van der Waals surface area (Å²) in [5, 5.41) is 12.1. The van der Waals surface area contributed by atoms with Crippen LogP contribution in [0.3, 0.4) is 0 Å². The van der Waals surface area contributed by atoms with Crippen molar-refractivity contribution in [1.29, 1.82) is 5.26 Å². The molecule has 2 aromatic carbocycles. The van der Waals surface area contributed by atoms with Crippen LogP contribution in [0.2, 0.25) is 0 Å². The third-order valence-electron chi connectivity index (χ3n) is 3.93. The monoisotopic (exact) mass is 306 g/mol. The summed E-state index contributed by atoms with van der Waals surface area (Å²) in [6.45, 7) is -0.0885. The summed E-state index contributed by atoms with van der Waals surface area (Å²) in [4.78, 5) is 12.2. The molecule has 0 spiro atoms. The number of amides is 1. The van der Waals surface area contributed by atoms with E-state index in [9.17, 15) is 4.79 Å². The Bertz CT molecular complexity index is 718. The highest BCUT2D eigenvalue weighted by atomic mass is 16.5. The zero-order chi connectivity index (χ0) is 16.1. The van der Waals surface area contributed by atoms with Crippen molar-refractivity contribution in [3.05, 3.63) is 65.7 Å². The third-order valence-corrected chi connectivity index (χ3v) is 3.93. The number of carbonyl (C=O) groups excluding carboxylic acids is 1. The zero-order valence-electron chi connectivity index (χ0n) is 12.7. The Labute approximate surface area is 135 Å². The van der Waals surface area contributed by atoms with Crippen LogP contribution in [0, 0.1) is 17.2 Å². The number of carbonyl (C=O) groups is 1. The van der Waals surface area contributed by atoms with Crippen LogP contribution >= 0.6 is 0 Å². The highest BCUT2D eigenvalue weighted by Crippen LogP contribution is 2.40. The van der Waals surface area contributed by atoms with E-state index in [1.807, 2.05) is 30.3 Å². The molecule has 1 aliphatic rings. The summed E-state index contributed by atoms with van der Waals surface area (Å²) >= 11 is 0. The Kier molecular flexibility index (Phi) is 4.58. The number of ether oxygens (including phenoxy) is 1. The molecule has 1 unspecified atom stereocenters. The summed E-state index contributed by atoms with van der Waals surface area (Å²) < 4.78 is 5.49. The van der Waals surface area contributed by atoms with Crippen molar-refractivity contribution in [2.24, 2.45) is 5.92 Å². The molecule has 0 aliphatic heterocycles. The second-order valence-corrected chi connectivity index (χ2v) is 5.69. The molecule has 0 saturated heterocycles. The molecule has 23 heavy (non-hydrogen) atoms. The van der Waals surface area contributed by atoms with Crippen LogP contribution < -0.4 is 10.1 Å². The summed E-state index contributed by atoms with van der Waals surface area (Å²) in [5.41, 5.74) is 1.56. The Hall–Kier alpha value is -2.80. The van der Waals surface area contributed by atoms with Crippen LogP contribution in [0.15, 0.2) is 54.6 Å². The number of para-hydroxylation sites is 1. The summed E-state index contributed by atoms with van der Waals surface area (Å²) in [5.74, 6) is 0.777. The Morgan fingerprint density at radius 1 is 1.17 bits per heavy atom. The van der Waals surface area contributed by atoms with Crippen molar-refractivity contribution < 1.29 is 9.53 Å². The Morgan fingerprint density at radius 3 is 2.57 bits per heavy atom. The second-order valence-electron chi connectivity index (χ2n) is 5.69. The average Bonchev–Trinajstić information content (AvgIpc) is 3.44. The molecule has 3 rings (SSSR count). The first-order valence-electron chi connectivity index (χ1n) is 7.74. The molecule has 1 saturated carbocycles. The fourth-order valence-corrected chi connectivity index (χ4v) is 2.61. The highest BCUT2D eigenvalue weighted by molar-refractivity contribution is 5.78. The maximum absolute atomic E-state index is 12.2. The molecular weight excluding hydrogens is 288 g/mol. The van der Waals surface area contributed by atoms with Crippen molar-refractivity contribution >= 4 is 5.91 Å². The normalized spacial score (nSPS) is 14.6. The van der Waals surface area contributed by atoms with Crippen LogP contribution in [0.1, 0.15) is 30.0 Å². The molecule has 0 bridgehead atoms. The number of nitrogens with one attached hydrogen (secondary N) is 1. The lowest BCUT2D eigenvalue weighted by Gasteiger charge is -2.19. The molecule has 1 fully saturated rings. The molecule has 2 aromatic rings. The molecule has 1 atom stereocenters. The van der Waals surface area contributed by atoms with Gasteiger partial charge in [-0.15, -0.1) is 0 Å². The van der Waals surface area contributed by atoms with E-state index in [4.69, 9.17) is 10.00 Å². The van der Waals surface area contributed by atoms with Gasteiger partial charge in [-0.3, -0.25) is 4.79 Å². The van der Waals surface area contributed by atoms with Crippen molar-refractivity contribution in [2.45, 2.75) is 18.9 Å². The maximum atomic E-state index is 12.2. The van der Waals surface area contributed by atoms with Crippen molar-refractivity contribution in [1.82, 2.24) is 5.32 Å². The fourth-order valence-electron chi connectivity index (χ4n) is 2.61. The van der Waals surface area contributed by atoms with Gasteiger partial charge in [-0.1, -0.05) is 42.5 Å². The summed E-state index contributed by atoms with van der Waals surface area (Å²) in [7, 11) is 0. The van der Waals surface area contributed by atoms with Gasteiger partial charge in [-0.05, 0) is 36.5 Å². The van der Waals surface area contributed by atoms with E-state index in [-0.39, 0.29) is 18.6 Å². The van der Waals surface area contributed by atoms with Gasteiger partial charge >= 0.3 is 0 Å². The molecule has 1 N–H and O–H groups in total. The minimum absolute atomic E-state index is 0.0403. The molecule has 0 radical (unpaired) electrons. The third kappa shape index (κ3) is 3.89. The molecule has 4 heteroatoms. The van der Waals surface area contributed by atoms with Crippen molar-refractivity contribution in [3.8, 4) is 11.8 Å². The molecule has 116 valence electrons. The van der Waals surface area contributed by atoms with Gasteiger partial charge in [-0.25, -0.2) is 0 Å². The van der Waals surface area contributed by atoms with E-state index in [2.05, 4.69) is 11.4 Å². The average molecular weight is 306 g/mol. The van der Waals surface area contributed by atoms with E-state index in [0.29, 0.717) is 17.2 Å². The second kappa shape index (κ2) is 6.97. The fraction of sp³-hybridized carbons (Fsp3) is 0.263. The summed E-state index contributed by atoms with van der Waals surface area (Å²) in [6.07, 6.45) is 2.27. The SMILES string of the molecule is N#Cc1ccccc1OCC(=O)NC(c1ccccc1)C1CC1. The predicted molar refractivity (Wildman–Crippen MR) is 86.7 cm³/mol. The first kappa shape index (κ1) is 15.1. The van der Waals surface area contributed by atoms with Gasteiger partial charge in [0.25, 0.3) is 5.91 Å². The number of hydrogen-bond donors (Lipinski definition) is 1. The minimum Gasteiger partial charge on any atom is -0.482 e. The molecule has 0 aromatic heterocycles. The molecule has 1 amide bonds. The van der Waals surface area contributed by atoms with Crippen molar-refractivity contribution in [3.63, 3.8) is 0 Å². The quantitative estimate of drug-likeness (QED) is 0.891. The van der Waals surface area contributed by atoms with Gasteiger partial charge in [0, 0.05) is 0 Å². The minimum atomic E-state index is -0.168. The topological polar surface area (TPSA) is 62.1 Å². The van der Waals surface area contributed by atoms with Gasteiger partial charge < -0.3 is 10.1 Å². The Morgan fingerprint density at radius 2 is 1.87 bits per heavy atom. The van der Waals surface area contributed by atoms with Crippen LogP contribution in [-0.2, 0) is 4.79 Å². The number of rotatable bonds is 6. The lowest BCUT2D eigenvalue weighted by molar-refractivity contribution is -0.124. The number of hydrogen-bond acceptors (Lipinski definition) is 3. The summed E-state index contributed by atoms with van der Waals surface area (Å²) in [6, 6.07) is 19.0. The number of benzene rings is 2. The van der Waals surface area contributed by atoms with Crippen LogP contribution in [0.5, 0.6) is 5.75 Å². The standard InChI is InChI=1S/C19H18N2O2/c20-12-16-8-4-5-9-17(16)23-13-18(22)21-19(15-10-11-15)14-6-2-1-3-7-14/h1-9,15,19H,10-11,13H2,(H,21,22). The van der Waals surface area contributed by atoms with E-state index in [1.165, 1.54) is 0 Å². The van der Waals surface area contributed by atoms with Gasteiger partial charge in [-0.2, -0.15) is 5.26 Å². The lowest BCUT2D eigenvalue weighted by atomic mass is 10.0. The van der Waals surface area contributed by atoms with E-state index in [1.54, 1.807) is 24.3 Å². The van der Waals surface area contributed by atoms with E-state index < -0.39 is 0 Å². The first-order chi connectivity index (χ1) is 11.3. The van der Waals surface area contributed by atoms with Crippen molar-refractivity contribution in [2.75, 3.05) is 6.61 Å². The molecule has 4 nitrogen and oxygen atoms in total. The van der Waals surface area contributed by atoms with E-state index in [0.717, 1.165) is 18.4 Å². The molecule has 0 heterocycles. The van der Waals surface area contributed by atoms with Gasteiger partial charge in [0.1, 0.15) is 11.8 Å². The largest absolute Gasteiger partial charge is 0.482 e. The zero-order valence-corrected chi connectivity index (χ0v) is 12.7. The van der Waals surface area contributed by atoms with Gasteiger partial charge in [0.15, 0.2) is 6.61 Å². The van der Waals surface area contributed by atoms with Crippen LogP contribution in [0.4, 0.5) is 0 Å². The Balaban J connectivity index is 1.61. The van der Waals surface area contributed by atoms with E-state index >= 15 is 0 Å². The smallest absolute Gasteiger partial charge is 0.258 e. The van der Waals surface area contributed by atoms with Crippen LogP contribution in [-0.4, -0.2) is 12.5 Å². The predicted octanol–water partition coefficient (Wildman–Crippen LogP) is 3.20. The first-order valence-corrected chi connectivity index (χ1v) is 7.74. The number of nitrogens with zero attached hydrogens (tertiary/aromatic N) is 1. The lowest BCUT2D eigenvalue weighted by Crippen LogP contribution is -2.33. The van der Waals surface area contributed by atoms with Gasteiger partial charge in [0.05, 0.1) is 11.6 Å². The van der Waals surface area contributed by atoms with Crippen LogP contribution in [0.25, 0.3) is 0 Å². The van der Waals surface area contributed by atoms with Gasteiger partial charge in [0.2, 0.25) is 0 Å². The maximum Gasteiger partial charge on any atom is 0.258 e. The number of nitriles is 1. The molecule has 1 aliphatic carbocycles. The molecular formula is C19H18N2O2.